The lowest BCUT2D eigenvalue weighted by Crippen LogP contribution is -1.96. The second-order valence-corrected chi connectivity index (χ2v) is 2.11. The highest BCUT2D eigenvalue weighted by molar-refractivity contribution is 5.60. The van der Waals surface area contributed by atoms with E-state index in [0.29, 0.717) is 5.56 Å². The van der Waals surface area contributed by atoms with Gasteiger partial charge in [-0.15, -0.1) is 0 Å². The molecule has 0 aliphatic rings. The van der Waals surface area contributed by atoms with Gasteiger partial charge in [0.15, 0.2) is 0 Å². The maximum absolute atomic E-state index is 9.95. The Labute approximate surface area is 63.9 Å². The molecule has 0 bridgehead atoms. The van der Waals surface area contributed by atoms with Gasteiger partial charge in [0.25, 0.3) is 0 Å². The van der Waals surface area contributed by atoms with Crippen molar-refractivity contribution in [2.24, 2.45) is 0 Å². The minimum absolute atomic E-state index is 0.104. The van der Waals surface area contributed by atoms with Gasteiger partial charge in [-0.05, 0) is 17.7 Å². The number of benzene rings is 1. The first-order valence-corrected chi connectivity index (χ1v) is 3.08. The molecule has 0 saturated carbocycles. The van der Waals surface area contributed by atoms with Crippen molar-refractivity contribution in [3.63, 3.8) is 0 Å². The third-order valence-electron chi connectivity index (χ3n) is 1.32. The van der Waals surface area contributed by atoms with Crippen LogP contribution in [0.2, 0.25) is 0 Å². The lowest BCUT2D eigenvalue weighted by Gasteiger charge is -2.00. The first-order chi connectivity index (χ1) is 5.24. The van der Waals surface area contributed by atoms with E-state index in [1.165, 1.54) is 30.6 Å². The summed E-state index contributed by atoms with van der Waals surface area (Å²) < 4.78 is 0. The standard InChI is InChI=1S/C8H7O3/c9-5-8(11)6-1-3-7(10)4-2-6/h1-4,8,10-11H. The number of aromatic hydroxyl groups is 1. The van der Waals surface area contributed by atoms with Crippen LogP contribution in [-0.2, 0) is 4.79 Å². The van der Waals surface area contributed by atoms with Crippen LogP contribution < -0.4 is 0 Å². The van der Waals surface area contributed by atoms with Crippen LogP contribution in [0.15, 0.2) is 24.3 Å². The Morgan fingerprint density at radius 2 is 1.82 bits per heavy atom. The number of phenolic OH excluding ortho intramolecular Hbond substituents is 1. The fourth-order valence-corrected chi connectivity index (χ4v) is 0.725. The van der Waals surface area contributed by atoms with Crippen molar-refractivity contribution in [1.82, 2.24) is 0 Å². The van der Waals surface area contributed by atoms with E-state index >= 15 is 0 Å². The van der Waals surface area contributed by atoms with Crippen LogP contribution in [0.5, 0.6) is 5.75 Å². The van der Waals surface area contributed by atoms with Gasteiger partial charge in [-0.1, -0.05) is 12.1 Å². The van der Waals surface area contributed by atoms with Gasteiger partial charge in [0.05, 0.1) is 0 Å². The zero-order valence-electron chi connectivity index (χ0n) is 5.69. The smallest absolute Gasteiger partial charge is 0.234 e. The average Bonchev–Trinajstić information content (AvgIpc) is 2.05. The van der Waals surface area contributed by atoms with Crippen molar-refractivity contribution in [3.8, 4) is 5.75 Å². The second kappa shape index (κ2) is 3.16. The summed E-state index contributed by atoms with van der Waals surface area (Å²) in [5.41, 5.74) is 0.429. The highest BCUT2D eigenvalue weighted by atomic mass is 16.3. The van der Waals surface area contributed by atoms with Crippen molar-refractivity contribution < 1.29 is 15.0 Å². The fraction of sp³-hybridized carbons (Fsp3) is 0.125. The average molecular weight is 151 g/mol. The Morgan fingerprint density at radius 1 is 1.27 bits per heavy atom. The lowest BCUT2D eigenvalue weighted by molar-refractivity contribution is 0.240. The van der Waals surface area contributed by atoms with Gasteiger partial charge >= 0.3 is 0 Å². The lowest BCUT2D eigenvalue weighted by atomic mass is 10.1. The monoisotopic (exact) mass is 151 g/mol. The van der Waals surface area contributed by atoms with Crippen molar-refractivity contribution in [1.29, 1.82) is 0 Å². The number of rotatable bonds is 2. The Balaban J connectivity index is 2.89. The van der Waals surface area contributed by atoms with Gasteiger partial charge in [-0.25, -0.2) is 0 Å². The van der Waals surface area contributed by atoms with Gasteiger partial charge in [-0.2, -0.15) is 0 Å². The summed E-state index contributed by atoms with van der Waals surface area (Å²) in [6, 6.07) is 5.72. The van der Waals surface area contributed by atoms with Crippen LogP contribution in [0.3, 0.4) is 0 Å². The zero-order valence-corrected chi connectivity index (χ0v) is 5.69. The second-order valence-electron chi connectivity index (χ2n) is 2.11. The van der Waals surface area contributed by atoms with Gasteiger partial charge in [0.1, 0.15) is 11.9 Å². The highest BCUT2D eigenvalue weighted by Gasteiger charge is 2.04. The molecule has 0 saturated heterocycles. The van der Waals surface area contributed by atoms with E-state index in [-0.39, 0.29) is 5.75 Å². The Bertz CT molecular complexity index is 240. The molecule has 11 heavy (non-hydrogen) atoms. The molecule has 0 fully saturated rings. The molecule has 1 atom stereocenters. The maximum Gasteiger partial charge on any atom is 0.234 e. The highest BCUT2D eigenvalue weighted by Crippen LogP contribution is 2.14. The molecule has 1 aromatic carbocycles. The van der Waals surface area contributed by atoms with E-state index in [2.05, 4.69) is 0 Å². The first-order valence-electron chi connectivity index (χ1n) is 3.08. The third kappa shape index (κ3) is 1.78. The number of hydrogen-bond acceptors (Lipinski definition) is 3. The summed E-state index contributed by atoms with van der Waals surface area (Å²) in [4.78, 5) is 9.95. The first kappa shape index (κ1) is 7.75. The molecule has 0 aliphatic heterocycles. The van der Waals surface area contributed by atoms with E-state index in [1.54, 1.807) is 0 Å². The van der Waals surface area contributed by atoms with Crippen molar-refractivity contribution in [3.05, 3.63) is 29.8 Å². The number of aliphatic hydroxyl groups excluding tert-OH is 1. The number of aliphatic hydroxyl groups is 1. The molecule has 3 heteroatoms. The molecule has 0 aliphatic carbocycles. The van der Waals surface area contributed by atoms with E-state index < -0.39 is 6.10 Å². The van der Waals surface area contributed by atoms with Crippen molar-refractivity contribution in [2.45, 2.75) is 6.10 Å². The number of phenols is 1. The van der Waals surface area contributed by atoms with Gasteiger partial charge in [0.2, 0.25) is 6.29 Å². The topological polar surface area (TPSA) is 57.5 Å². The van der Waals surface area contributed by atoms with Crippen molar-refractivity contribution >= 4 is 6.29 Å². The van der Waals surface area contributed by atoms with E-state index in [0.717, 1.165) is 0 Å². The summed E-state index contributed by atoms with van der Waals surface area (Å²) in [5.74, 6) is 0.104. The zero-order chi connectivity index (χ0) is 8.27. The Hall–Kier alpha value is -1.35. The molecule has 1 aromatic rings. The normalized spacial score (nSPS) is 12.5. The predicted molar refractivity (Wildman–Crippen MR) is 38.8 cm³/mol. The van der Waals surface area contributed by atoms with E-state index in [1.807, 2.05) is 0 Å². The largest absolute Gasteiger partial charge is 0.508 e. The summed E-state index contributed by atoms with van der Waals surface area (Å²) in [6.07, 6.45) is 0.212. The number of carbonyl (C=O) groups excluding carboxylic acids is 1. The molecule has 0 heterocycles. The fourth-order valence-electron chi connectivity index (χ4n) is 0.725. The van der Waals surface area contributed by atoms with Crippen LogP contribution in [-0.4, -0.2) is 16.5 Å². The summed E-state index contributed by atoms with van der Waals surface area (Å²) in [7, 11) is 0. The van der Waals surface area contributed by atoms with Crippen molar-refractivity contribution in [2.75, 3.05) is 0 Å². The van der Waals surface area contributed by atoms with Gasteiger partial charge < -0.3 is 10.2 Å². The summed E-state index contributed by atoms with van der Waals surface area (Å²) in [5, 5.41) is 17.7. The molecule has 1 unspecified atom stereocenters. The van der Waals surface area contributed by atoms with Crippen LogP contribution in [0.25, 0.3) is 0 Å². The Kier molecular flexibility index (Phi) is 2.23. The molecule has 3 nitrogen and oxygen atoms in total. The molecule has 1 rings (SSSR count). The van der Waals surface area contributed by atoms with Gasteiger partial charge in [-0.3, -0.25) is 4.79 Å². The quantitative estimate of drug-likeness (QED) is 0.648. The van der Waals surface area contributed by atoms with E-state index in [4.69, 9.17) is 10.2 Å². The van der Waals surface area contributed by atoms with Crippen LogP contribution in [0, 0.1) is 0 Å². The van der Waals surface area contributed by atoms with Crippen LogP contribution in [0.1, 0.15) is 11.7 Å². The molecular weight excluding hydrogens is 144 g/mol. The minimum atomic E-state index is -1.21. The molecule has 2 N–H and O–H groups in total. The molecule has 1 radical (unpaired) electrons. The molecule has 0 amide bonds. The summed E-state index contributed by atoms with van der Waals surface area (Å²) in [6.45, 7) is 0. The minimum Gasteiger partial charge on any atom is -0.508 e. The Morgan fingerprint density at radius 3 is 2.27 bits per heavy atom. The maximum atomic E-state index is 9.95. The molecule has 0 aromatic heterocycles. The summed E-state index contributed by atoms with van der Waals surface area (Å²) >= 11 is 0. The number of hydrogen-bond donors (Lipinski definition) is 2. The van der Waals surface area contributed by atoms with E-state index in [9.17, 15) is 4.79 Å². The molecule has 57 valence electrons. The van der Waals surface area contributed by atoms with Gasteiger partial charge in [0, 0.05) is 0 Å². The van der Waals surface area contributed by atoms with Crippen LogP contribution in [0.4, 0.5) is 0 Å². The molecule has 0 spiro atoms. The SMILES string of the molecule is O=[C]C(O)c1ccc(O)cc1. The van der Waals surface area contributed by atoms with Crippen LogP contribution >= 0.6 is 0 Å². The molecular formula is C8H7O3. The third-order valence-corrected chi connectivity index (χ3v) is 1.32. The predicted octanol–water partition coefficient (Wildman–Crippen LogP) is 0.535.